The first-order valence-corrected chi connectivity index (χ1v) is 8.53. The van der Waals surface area contributed by atoms with Crippen LogP contribution in [-0.4, -0.2) is 32.8 Å². The highest BCUT2D eigenvalue weighted by atomic mass is 35.5. The number of ether oxygens (including phenoxy) is 2. The summed E-state index contributed by atoms with van der Waals surface area (Å²) in [5.41, 5.74) is -0.0381. The highest BCUT2D eigenvalue weighted by molar-refractivity contribution is 6.32. The minimum Gasteiger partial charge on any atom is -0.470 e. The molecule has 0 N–H and O–H groups in total. The molecule has 1 aromatic carbocycles. The molecule has 0 unspecified atom stereocenters. The molecule has 0 amide bonds. The highest BCUT2D eigenvalue weighted by Crippen LogP contribution is 2.37. The summed E-state index contributed by atoms with van der Waals surface area (Å²) in [6.45, 7) is 1.44. The number of rotatable bonds is 5. The smallest absolute Gasteiger partial charge is 0.436 e. The fourth-order valence-electron chi connectivity index (χ4n) is 2.46. The molecule has 11 heteroatoms. The van der Waals surface area contributed by atoms with Crippen molar-refractivity contribution < 1.29 is 27.4 Å². The van der Waals surface area contributed by atoms with E-state index in [9.17, 15) is 18.0 Å². The van der Waals surface area contributed by atoms with Crippen molar-refractivity contribution in [2.24, 2.45) is 0 Å². The van der Waals surface area contributed by atoms with E-state index in [1.165, 1.54) is 7.11 Å². The Balaban J connectivity index is 1.93. The molecule has 0 aliphatic carbocycles. The Labute approximate surface area is 168 Å². The average molecular weight is 427 g/mol. The van der Waals surface area contributed by atoms with Gasteiger partial charge in [-0.15, -0.1) is 0 Å². The summed E-state index contributed by atoms with van der Waals surface area (Å²) in [4.78, 5) is 19.1. The zero-order valence-electron chi connectivity index (χ0n) is 15.2. The molecular formula is C18H14ClF3N4O3. The van der Waals surface area contributed by atoms with Gasteiger partial charge in [-0.1, -0.05) is 23.7 Å². The Morgan fingerprint density at radius 1 is 1.24 bits per heavy atom. The number of aryl methyl sites for hydroxylation is 1. The standard InChI is InChI=1S/C18H14ClF3N4O3/c1-10-4-3-5-11(6-10)26-13(15(19)16(25-26)18(20,21)22)9-29-14-8-23-12(7-24-14)17(27)28-2/h3-8H,9H2,1-2H3. The first-order valence-electron chi connectivity index (χ1n) is 8.15. The summed E-state index contributed by atoms with van der Waals surface area (Å²) in [6.07, 6.45) is -2.46. The third kappa shape index (κ3) is 4.48. The number of carbonyl (C=O) groups excluding carboxylic acids is 1. The molecule has 2 aromatic heterocycles. The van der Waals surface area contributed by atoms with Crippen molar-refractivity contribution in [3.63, 3.8) is 0 Å². The number of hydrogen-bond acceptors (Lipinski definition) is 6. The number of benzene rings is 1. The van der Waals surface area contributed by atoms with Crippen molar-refractivity contribution in [3.8, 4) is 11.6 Å². The van der Waals surface area contributed by atoms with E-state index in [0.29, 0.717) is 5.69 Å². The van der Waals surface area contributed by atoms with E-state index in [4.69, 9.17) is 16.3 Å². The van der Waals surface area contributed by atoms with Gasteiger partial charge in [0.2, 0.25) is 5.88 Å². The number of halogens is 4. The second kappa shape index (κ2) is 8.08. The Morgan fingerprint density at radius 2 is 2.00 bits per heavy atom. The second-order valence-electron chi connectivity index (χ2n) is 5.88. The average Bonchev–Trinajstić information content (AvgIpc) is 3.03. The van der Waals surface area contributed by atoms with E-state index in [-0.39, 0.29) is 23.9 Å². The molecule has 0 aliphatic heterocycles. The van der Waals surface area contributed by atoms with E-state index in [1.807, 2.05) is 0 Å². The third-order valence-electron chi connectivity index (χ3n) is 3.81. The summed E-state index contributed by atoms with van der Waals surface area (Å²) < 4.78 is 50.9. The van der Waals surface area contributed by atoms with Gasteiger partial charge in [0.1, 0.15) is 12.3 Å². The van der Waals surface area contributed by atoms with Gasteiger partial charge in [-0.25, -0.2) is 19.4 Å². The van der Waals surface area contributed by atoms with Crippen molar-refractivity contribution in [2.75, 3.05) is 7.11 Å². The number of esters is 1. The van der Waals surface area contributed by atoms with Crippen LogP contribution in [0.2, 0.25) is 5.02 Å². The lowest BCUT2D eigenvalue weighted by molar-refractivity contribution is -0.141. The molecule has 0 aliphatic rings. The van der Waals surface area contributed by atoms with Gasteiger partial charge >= 0.3 is 12.1 Å². The predicted molar refractivity (Wildman–Crippen MR) is 96.0 cm³/mol. The molecular weight excluding hydrogens is 413 g/mol. The van der Waals surface area contributed by atoms with Crippen LogP contribution >= 0.6 is 11.6 Å². The van der Waals surface area contributed by atoms with Gasteiger partial charge in [0.15, 0.2) is 11.4 Å². The lowest BCUT2D eigenvalue weighted by Crippen LogP contribution is -2.09. The maximum absolute atomic E-state index is 13.3. The molecule has 0 spiro atoms. The Morgan fingerprint density at radius 3 is 2.59 bits per heavy atom. The Bertz CT molecular complexity index is 1040. The van der Waals surface area contributed by atoms with Gasteiger partial charge in [-0.2, -0.15) is 18.3 Å². The second-order valence-corrected chi connectivity index (χ2v) is 6.26. The summed E-state index contributed by atoms with van der Waals surface area (Å²) in [5, 5.41) is 3.06. The Kier molecular flexibility index (Phi) is 5.73. The van der Waals surface area contributed by atoms with Crippen LogP contribution in [0, 0.1) is 6.92 Å². The predicted octanol–water partition coefficient (Wildman–Crippen LogP) is 4.01. The molecule has 29 heavy (non-hydrogen) atoms. The minimum absolute atomic E-state index is 0.0107. The van der Waals surface area contributed by atoms with E-state index >= 15 is 0 Å². The van der Waals surface area contributed by atoms with Gasteiger partial charge in [-0.3, -0.25) is 0 Å². The zero-order valence-corrected chi connectivity index (χ0v) is 16.0. The van der Waals surface area contributed by atoms with Crippen molar-refractivity contribution in [1.82, 2.24) is 19.7 Å². The third-order valence-corrected chi connectivity index (χ3v) is 4.21. The molecule has 3 aromatic rings. The summed E-state index contributed by atoms with van der Waals surface area (Å²) in [5.74, 6) is -0.696. The van der Waals surface area contributed by atoms with Crippen LogP contribution in [0.4, 0.5) is 13.2 Å². The zero-order chi connectivity index (χ0) is 21.2. The van der Waals surface area contributed by atoms with E-state index in [2.05, 4.69) is 19.8 Å². The molecule has 0 saturated heterocycles. The number of nitrogens with zero attached hydrogens (tertiary/aromatic N) is 4. The number of aromatic nitrogens is 4. The van der Waals surface area contributed by atoms with Gasteiger partial charge in [0.05, 0.1) is 30.2 Å². The summed E-state index contributed by atoms with van der Waals surface area (Å²) in [6, 6.07) is 6.76. The quantitative estimate of drug-likeness (QED) is 0.574. The first-order chi connectivity index (χ1) is 13.7. The van der Waals surface area contributed by atoms with Crippen molar-refractivity contribution in [1.29, 1.82) is 0 Å². The van der Waals surface area contributed by atoms with Gasteiger partial charge < -0.3 is 9.47 Å². The molecule has 0 bridgehead atoms. The highest BCUT2D eigenvalue weighted by Gasteiger charge is 2.39. The lowest BCUT2D eigenvalue weighted by Gasteiger charge is -2.10. The molecule has 152 valence electrons. The Hall–Kier alpha value is -3.14. The van der Waals surface area contributed by atoms with E-state index in [1.54, 1.807) is 31.2 Å². The molecule has 0 radical (unpaired) electrons. The fourth-order valence-corrected chi connectivity index (χ4v) is 2.74. The largest absolute Gasteiger partial charge is 0.470 e. The van der Waals surface area contributed by atoms with Gasteiger partial charge in [0, 0.05) is 0 Å². The maximum atomic E-state index is 13.3. The fraction of sp³-hybridized carbons (Fsp3) is 0.222. The van der Waals surface area contributed by atoms with Crippen LogP contribution in [0.1, 0.15) is 27.4 Å². The van der Waals surface area contributed by atoms with Crippen LogP contribution < -0.4 is 4.74 Å². The molecule has 0 atom stereocenters. The molecule has 3 rings (SSSR count). The van der Waals surface area contributed by atoms with Crippen LogP contribution in [-0.2, 0) is 17.5 Å². The maximum Gasteiger partial charge on any atom is 0.436 e. The number of methoxy groups -OCH3 is 1. The summed E-state index contributed by atoms with van der Waals surface area (Å²) in [7, 11) is 1.20. The molecule has 7 nitrogen and oxygen atoms in total. The SMILES string of the molecule is COC(=O)c1cnc(OCc2c(Cl)c(C(F)(F)F)nn2-c2cccc(C)c2)cn1. The van der Waals surface area contributed by atoms with Crippen molar-refractivity contribution >= 4 is 17.6 Å². The molecule has 2 heterocycles. The van der Waals surface area contributed by atoms with E-state index < -0.39 is 22.9 Å². The van der Waals surface area contributed by atoms with Crippen LogP contribution in [0.15, 0.2) is 36.7 Å². The monoisotopic (exact) mass is 426 g/mol. The first kappa shape index (κ1) is 20.6. The normalized spacial score (nSPS) is 11.4. The van der Waals surface area contributed by atoms with Gasteiger partial charge in [-0.05, 0) is 24.6 Å². The minimum atomic E-state index is -4.73. The van der Waals surface area contributed by atoms with E-state index in [0.717, 1.165) is 22.6 Å². The van der Waals surface area contributed by atoms with Crippen LogP contribution in [0.25, 0.3) is 5.69 Å². The van der Waals surface area contributed by atoms with Crippen LogP contribution in [0.5, 0.6) is 5.88 Å². The van der Waals surface area contributed by atoms with Gasteiger partial charge in [0.25, 0.3) is 0 Å². The van der Waals surface area contributed by atoms with Crippen molar-refractivity contribution in [3.05, 3.63) is 64.3 Å². The number of hydrogen-bond donors (Lipinski definition) is 0. The van der Waals surface area contributed by atoms with Crippen LogP contribution in [0.3, 0.4) is 0 Å². The molecule has 0 fully saturated rings. The van der Waals surface area contributed by atoms with Crippen molar-refractivity contribution in [2.45, 2.75) is 19.7 Å². The number of alkyl halides is 3. The lowest BCUT2D eigenvalue weighted by atomic mass is 10.2. The topological polar surface area (TPSA) is 79.1 Å². The number of carbonyl (C=O) groups is 1. The molecule has 0 saturated carbocycles. The summed E-state index contributed by atoms with van der Waals surface area (Å²) >= 11 is 5.98.